The molecular weight excluding hydrogens is 323 g/mol. The molecule has 1 atom stereocenters. The molecule has 1 aliphatic rings. The minimum absolute atomic E-state index is 0. The lowest BCUT2D eigenvalue weighted by atomic mass is 10.1. The number of piperazine rings is 1. The largest absolute Gasteiger partial charge is 0.324 e. The molecule has 1 N–H and O–H groups in total. The van der Waals surface area contributed by atoms with Crippen molar-refractivity contribution in [3.05, 3.63) is 27.1 Å². The quantitative estimate of drug-likeness (QED) is 0.673. The summed E-state index contributed by atoms with van der Waals surface area (Å²) in [5, 5.41) is 23.0. The van der Waals surface area contributed by atoms with Crippen molar-refractivity contribution in [2.24, 2.45) is 0 Å². The van der Waals surface area contributed by atoms with Gasteiger partial charge in [-0.3, -0.25) is 15.0 Å². The Morgan fingerprint density at radius 3 is 2.60 bits per heavy atom. The zero-order chi connectivity index (χ0) is 13.0. The minimum Gasteiger partial charge on any atom is -0.314 e. The molecule has 0 amide bonds. The van der Waals surface area contributed by atoms with Crippen molar-refractivity contribution in [2.45, 2.75) is 12.5 Å². The van der Waals surface area contributed by atoms with Crippen LogP contribution in [0.2, 0.25) is 0 Å². The molecule has 0 radical (unpaired) electrons. The van der Waals surface area contributed by atoms with Crippen LogP contribution >= 0.6 is 36.2 Å². The fourth-order valence-corrected chi connectivity index (χ4v) is 3.07. The van der Waals surface area contributed by atoms with Crippen molar-refractivity contribution in [1.29, 1.82) is 5.26 Å². The van der Waals surface area contributed by atoms with E-state index in [0.717, 1.165) is 31.1 Å². The standard InChI is InChI=1S/C11H14N4O2S.2ClH/c12-4-3-9(14-7-5-13-6-8-14)10-1-2-11(18-10)15(16)17;;/h1-2,9,13H,3,5-8H2;2*1H/t9-;;/m0../s1. The zero-order valence-corrected chi connectivity index (χ0v) is 13.1. The van der Waals surface area contributed by atoms with Gasteiger partial charge in [0.25, 0.3) is 0 Å². The summed E-state index contributed by atoms with van der Waals surface area (Å²) in [5.74, 6) is 0. The van der Waals surface area contributed by atoms with Crippen LogP contribution in [0.15, 0.2) is 12.1 Å². The first-order valence-electron chi connectivity index (χ1n) is 5.78. The van der Waals surface area contributed by atoms with E-state index < -0.39 is 0 Å². The first-order chi connectivity index (χ1) is 8.72. The van der Waals surface area contributed by atoms with E-state index in [1.54, 1.807) is 6.07 Å². The highest BCUT2D eigenvalue weighted by atomic mass is 35.5. The van der Waals surface area contributed by atoms with E-state index in [-0.39, 0.29) is 40.8 Å². The summed E-state index contributed by atoms with van der Waals surface area (Å²) in [6, 6.07) is 5.45. The van der Waals surface area contributed by atoms with Crippen molar-refractivity contribution < 1.29 is 4.92 Å². The van der Waals surface area contributed by atoms with Crippen LogP contribution < -0.4 is 5.32 Å². The monoisotopic (exact) mass is 338 g/mol. The van der Waals surface area contributed by atoms with Gasteiger partial charge in [0.1, 0.15) is 0 Å². The molecule has 0 aromatic carbocycles. The maximum Gasteiger partial charge on any atom is 0.324 e. The fourth-order valence-electron chi connectivity index (χ4n) is 2.11. The van der Waals surface area contributed by atoms with Gasteiger partial charge in [-0.2, -0.15) is 5.26 Å². The molecule has 6 nitrogen and oxygen atoms in total. The van der Waals surface area contributed by atoms with E-state index in [1.165, 1.54) is 17.4 Å². The molecule has 9 heteroatoms. The Morgan fingerprint density at radius 2 is 2.10 bits per heavy atom. The van der Waals surface area contributed by atoms with Gasteiger partial charge in [-0.1, -0.05) is 11.3 Å². The van der Waals surface area contributed by atoms with Crippen LogP contribution in [0.3, 0.4) is 0 Å². The van der Waals surface area contributed by atoms with Crippen LogP contribution in [0.25, 0.3) is 0 Å². The van der Waals surface area contributed by atoms with Crippen molar-refractivity contribution in [3.8, 4) is 6.07 Å². The van der Waals surface area contributed by atoms with Crippen LogP contribution in [-0.2, 0) is 0 Å². The Morgan fingerprint density at radius 1 is 1.45 bits per heavy atom. The number of hydrogen-bond acceptors (Lipinski definition) is 6. The van der Waals surface area contributed by atoms with Crippen LogP contribution in [0.5, 0.6) is 0 Å². The second-order valence-electron chi connectivity index (χ2n) is 4.10. The molecule has 1 aliphatic heterocycles. The van der Waals surface area contributed by atoms with Gasteiger partial charge in [0.15, 0.2) is 0 Å². The highest BCUT2D eigenvalue weighted by Gasteiger charge is 2.25. The summed E-state index contributed by atoms with van der Waals surface area (Å²) < 4.78 is 0. The third-order valence-corrected chi connectivity index (χ3v) is 4.14. The van der Waals surface area contributed by atoms with Crippen molar-refractivity contribution in [3.63, 3.8) is 0 Å². The minimum atomic E-state index is -0.380. The van der Waals surface area contributed by atoms with Crippen LogP contribution in [-0.4, -0.2) is 36.0 Å². The predicted octanol–water partition coefficient (Wildman–Crippen LogP) is 2.36. The first kappa shape index (κ1) is 19.1. The van der Waals surface area contributed by atoms with Gasteiger partial charge in [-0.15, -0.1) is 24.8 Å². The van der Waals surface area contributed by atoms with Gasteiger partial charge in [-0.25, -0.2) is 0 Å². The molecule has 112 valence electrons. The average molecular weight is 339 g/mol. The summed E-state index contributed by atoms with van der Waals surface area (Å²) in [5.41, 5.74) is 0. The van der Waals surface area contributed by atoms with E-state index in [0.29, 0.717) is 6.42 Å². The lowest BCUT2D eigenvalue weighted by Crippen LogP contribution is -2.44. The number of nitro groups is 1. The lowest BCUT2D eigenvalue weighted by Gasteiger charge is -2.33. The van der Waals surface area contributed by atoms with Gasteiger partial charge in [0, 0.05) is 37.1 Å². The van der Waals surface area contributed by atoms with Crippen molar-refractivity contribution in [2.75, 3.05) is 26.2 Å². The van der Waals surface area contributed by atoms with E-state index >= 15 is 0 Å². The van der Waals surface area contributed by atoms with Crippen LogP contribution in [0.1, 0.15) is 17.3 Å². The fraction of sp³-hybridized carbons (Fsp3) is 0.545. The average Bonchev–Trinajstić information content (AvgIpc) is 2.86. The maximum absolute atomic E-state index is 10.7. The summed E-state index contributed by atoms with van der Waals surface area (Å²) in [6.45, 7) is 3.54. The normalized spacial score (nSPS) is 16.4. The highest BCUT2D eigenvalue weighted by Crippen LogP contribution is 2.33. The molecular formula is C11H16Cl2N4O2S. The Bertz CT molecular complexity index is 471. The molecule has 0 unspecified atom stereocenters. The predicted molar refractivity (Wildman–Crippen MR) is 82.9 cm³/mol. The number of halogens is 2. The van der Waals surface area contributed by atoms with E-state index in [9.17, 15) is 10.1 Å². The Hall–Kier alpha value is -0.910. The van der Waals surface area contributed by atoms with Gasteiger partial charge >= 0.3 is 5.00 Å². The number of hydrogen-bond donors (Lipinski definition) is 1. The molecule has 20 heavy (non-hydrogen) atoms. The van der Waals surface area contributed by atoms with Crippen molar-refractivity contribution >= 4 is 41.2 Å². The summed E-state index contributed by atoms with van der Waals surface area (Å²) in [6.07, 6.45) is 0.373. The SMILES string of the molecule is Cl.Cl.N#CC[C@@H](c1ccc([N+](=O)[O-])s1)N1CCNCC1. The second kappa shape index (κ2) is 9.10. The third-order valence-electron chi connectivity index (χ3n) is 3.00. The topological polar surface area (TPSA) is 82.2 Å². The molecule has 1 aromatic heterocycles. The number of nitrogens with one attached hydrogen (secondary N) is 1. The van der Waals surface area contributed by atoms with Gasteiger partial charge in [-0.05, 0) is 6.07 Å². The molecule has 2 heterocycles. The maximum atomic E-state index is 10.7. The number of thiophene rings is 1. The molecule has 2 rings (SSSR count). The van der Waals surface area contributed by atoms with Crippen molar-refractivity contribution in [1.82, 2.24) is 10.2 Å². The summed E-state index contributed by atoms with van der Waals surface area (Å²) in [7, 11) is 0. The molecule has 1 aromatic rings. The molecule has 0 spiro atoms. The van der Waals surface area contributed by atoms with Gasteiger partial charge in [0.05, 0.1) is 23.5 Å². The Labute approximate surface area is 133 Å². The first-order valence-corrected chi connectivity index (χ1v) is 6.60. The Balaban J connectivity index is 0.00000180. The molecule has 1 fully saturated rings. The smallest absolute Gasteiger partial charge is 0.314 e. The summed E-state index contributed by atoms with van der Waals surface area (Å²) >= 11 is 1.17. The number of rotatable bonds is 4. The molecule has 0 saturated carbocycles. The van der Waals surface area contributed by atoms with Crippen LogP contribution in [0.4, 0.5) is 5.00 Å². The van der Waals surface area contributed by atoms with Crippen LogP contribution in [0, 0.1) is 21.4 Å². The number of nitrogens with zero attached hydrogens (tertiary/aromatic N) is 3. The molecule has 0 bridgehead atoms. The molecule has 0 aliphatic carbocycles. The molecule has 1 saturated heterocycles. The lowest BCUT2D eigenvalue weighted by molar-refractivity contribution is -0.380. The van der Waals surface area contributed by atoms with E-state index in [4.69, 9.17) is 5.26 Å². The van der Waals surface area contributed by atoms with Gasteiger partial charge < -0.3 is 5.32 Å². The number of nitriles is 1. The van der Waals surface area contributed by atoms with Gasteiger partial charge in [0.2, 0.25) is 0 Å². The highest BCUT2D eigenvalue weighted by molar-refractivity contribution is 7.15. The summed E-state index contributed by atoms with van der Waals surface area (Å²) in [4.78, 5) is 13.4. The zero-order valence-electron chi connectivity index (χ0n) is 10.7. The second-order valence-corrected chi connectivity index (χ2v) is 5.19. The van der Waals surface area contributed by atoms with E-state index in [2.05, 4.69) is 16.3 Å². The Kier molecular flexibility index (Phi) is 8.69. The third kappa shape index (κ3) is 4.58. The van der Waals surface area contributed by atoms with E-state index in [1.807, 2.05) is 0 Å².